The Hall–Kier alpha value is -4.61. The highest BCUT2D eigenvalue weighted by molar-refractivity contribution is 5.92. The summed E-state index contributed by atoms with van der Waals surface area (Å²) in [4.78, 5) is 29.9. The van der Waals surface area contributed by atoms with Crippen LogP contribution in [0.5, 0.6) is 0 Å². The third kappa shape index (κ3) is 4.92. The second-order valence-corrected chi connectivity index (χ2v) is 7.83. The molecule has 0 radical (unpaired) electrons. The molecule has 0 spiro atoms. The maximum atomic E-state index is 14.9. The predicted octanol–water partition coefficient (Wildman–Crippen LogP) is 3.57. The lowest BCUT2D eigenvalue weighted by Gasteiger charge is -2.08. The number of carbonyl (C=O) groups is 1. The number of nitrogens with one attached hydrogen (secondary N) is 2. The van der Waals surface area contributed by atoms with Gasteiger partial charge in [-0.05, 0) is 22.9 Å². The van der Waals surface area contributed by atoms with Gasteiger partial charge < -0.3 is 19.7 Å². The fourth-order valence-electron chi connectivity index (χ4n) is 3.43. The number of fused-ring (bicyclic) bond motifs is 1. The molecule has 2 N–H and O–H groups in total. The van der Waals surface area contributed by atoms with E-state index in [1.54, 1.807) is 54.3 Å². The van der Waals surface area contributed by atoms with Crippen LogP contribution in [0.2, 0.25) is 0 Å². The third-order valence-corrected chi connectivity index (χ3v) is 5.17. The van der Waals surface area contributed by atoms with Crippen LogP contribution >= 0.6 is 0 Å². The highest BCUT2D eigenvalue weighted by atomic mass is 19.1. The lowest BCUT2D eigenvalue weighted by Crippen LogP contribution is -2.24. The fourth-order valence-corrected chi connectivity index (χ4v) is 3.43. The Morgan fingerprint density at radius 3 is 2.67 bits per heavy atom. The lowest BCUT2D eigenvalue weighted by molar-refractivity contribution is 0.0937. The van der Waals surface area contributed by atoms with Gasteiger partial charge in [0.2, 0.25) is 0 Å². The van der Waals surface area contributed by atoms with E-state index in [1.807, 2.05) is 27.1 Å². The average molecular weight is 492 g/mol. The summed E-state index contributed by atoms with van der Waals surface area (Å²) in [6.07, 6.45) is 5.18. The molecule has 5 aromatic rings. The first-order valence-corrected chi connectivity index (χ1v) is 11.3. The van der Waals surface area contributed by atoms with E-state index in [-0.39, 0.29) is 18.4 Å². The Morgan fingerprint density at radius 2 is 2.00 bits per heavy atom. The molecule has 0 aliphatic carbocycles. The zero-order valence-electron chi connectivity index (χ0n) is 20.6. The van der Waals surface area contributed by atoms with Crippen LogP contribution in [0.3, 0.4) is 0 Å². The van der Waals surface area contributed by atoms with Crippen LogP contribution in [0.15, 0.2) is 47.4 Å². The van der Waals surface area contributed by atoms with Crippen molar-refractivity contribution in [2.24, 2.45) is 7.05 Å². The van der Waals surface area contributed by atoms with Gasteiger partial charge in [0.1, 0.15) is 11.6 Å². The molecule has 12 heteroatoms. The Bertz CT molecular complexity index is 1500. The third-order valence-electron chi connectivity index (χ3n) is 5.17. The smallest absolute Gasteiger partial charge is 0.324 e. The molecule has 0 fully saturated rings. The summed E-state index contributed by atoms with van der Waals surface area (Å²) >= 11 is 0. The van der Waals surface area contributed by atoms with Gasteiger partial charge in [-0.3, -0.25) is 9.48 Å². The van der Waals surface area contributed by atoms with Gasteiger partial charge in [0.15, 0.2) is 5.65 Å². The molecular weight excluding hydrogens is 465 g/mol. The number of aryl methyl sites for hydroxylation is 1. The van der Waals surface area contributed by atoms with Gasteiger partial charge in [-0.1, -0.05) is 26.0 Å². The fraction of sp³-hybridized carbons (Fsp3) is 0.250. The van der Waals surface area contributed by atoms with Crippen LogP contribution in [0, 0.1) is 5.82 Å². The quantitative estimate of drug-likeness (QED) is 0.369. The molecule has 0 aliphatic rings. The Kier molecular flexibility index (Phi) is 7.04. The Morgan fingerprint density at radius 1 is 1.19 bits per heavy atom. The van der Waals surface area contributed by atoms with E-state index in [0.29, 0.717) is 28.1 Å². The maximum Gasteiger partial charge on any atom is 0.324 e. The molecule has 0 aliphatic heterocycles. The van der Waals surface area contributed by atoms with Crippen molar-refractivity contribution in [1.82, 2.24) is 40.2 Å². The molecule has 0 bridgehead atoms. The van der Waals surface area contributed by atoms with Gasteiger partial charge in [-0.25, -0.2) is 14.4 Å². The zero-order chi connectivity index (χ0) is 25.8. The van der Waals surface area contributed by atoms with Crippen LogP contribution < -0.4 is 10.2 Å². The molecule has 1 amide bonds. The molecule has 4 aromatic heterocycles. The molecule has 4 heterocycles. The number of anilines is 1. The van der Waals surface area contributed by atoms with Crippen LogP contribution in [-0.2, 0) is 13.6 Å². The second-order valence-electron chi connectivity index (χ2n) is 7.83. The topological polar surface area (TPSA) is 131 Å². The van der Waals surface area contributed by atoms with Crippen LogP contribution in [0.1, 0.15) is 30.0 Å². The van der Waals surface area contributed by atoms with E-state index in [1.165, 1.54) is 6.07 Å². The number of aromatic amines is 1. The van der Waals surface area contributed by atoms with Crippen molar-refractivity contribution < 1.29 is 13.7 Å². The number of benzene rings is 1. The van der Waals surface area contributed by atoms with E-state index >= 15 is 0 Å². The normalized spacial score (nSPS) is 10.7. The molecule has 0 unspecified atom stereocenters. The number of H-pyrrole nitrogens is 1. The molecule has 5 rings (SSSR count). The van der Waals surface area contributed by atoms with Crippen LogP contribution in [0.25, 0.3) is 33.7 Å². The number of pyridine rings is 1. The van der Waals surface area contributed by atoms with Gasteiger partial charge in [-0.15, -0.1) is 0 Å². The molecule has 0 atom stereocenters. The van der Waals surface area contributed by atoms with Crippen molar-refractivity contribution in [3.8, 4) is 22.5 Å². The Balaban J connectivity index is 0.00000148. The zero-order valence-corrected chi connectivity index (χ0v) is 20.6. The molecule has 0 saturated heterocycles. The van der Waals surface area contributed by atoms with Crippen molar-refractivity contribution in [3.63, 3.8) is 0 Å². The van der Waals surface area contributed by atoms with E-state index in [2.05, 4.69) is 35.5 Å². The maximum absolute atomic E-state index is 14.9. The van der Waals surface area contributed by atoms with Crippen molar-refractivity contribution in [3.05, 3.63) is 60.1 Å². The van der Waals surface area contributed by atoms with E-state index in [9.17, 15) is 9.18 Å². The largest absolute Gasteiger partial charge is 0.345 e. The number of rotatable bonds is 6. The monoisotopic (exact) mass is 491 g/mol. The number of halogens is 1. The summed E-state index contributed by atoms with van der Waals surface area (Å²) < 4.78 is 21.6. The number of hydrogen-bond acceptors (Lipinski definition) is 8. The standard InChI is InChI=1S/C22H20FN9O2.C2H6/c1-31(2)22-29-20(30-34-22)21(33)25-9-13-5-4-12(8-16(13)23)15-6-7-24-19-17(15)27-18(28-19)14-10-26-32(3)11-14;1-2/h4-8,10-11H,9H2,1-3H3,(H,25,33)(H,24,27,28);1-2H3. The molecule has 186 valence electrons. The SMILES string of the molecule is CC.CN(C)c1nc(C(=O)NCc2ccc(-c3ccnc4nc(-c5cnn(C)c5)[nH]c34)cc2F)no1. The minimum atomic E-state index is -0.559. The van der Waals surface area contributed by atoms with Crippen molar-refractivity contribution in [2.75, 3.05) is 19.0 Å². The summed E-state index contributed by atoms with van der Waals surface area (Å²) in [5, 5.41) is 10.4. The summed E-state index contributed by atoms with van der Waals surface area (Å²) in [7, 11) is 5.25. The summed E-state index contributed by atoms with van der Waals surface area (Å²) in [6.45, 7) is 3.97. The highest BCUT2D eigenvalue weighted by Gasteiger charge is 2.17. The number of nitrogens with zero attached hydrogens (tertiary/aromatic N) is 7. The number of imidazole rings is 1. The number of amides is 1. The number of carbonyl (C=O) groups excluding carboxylic acids is 1. The van der Waals surface area contributed by atoms with E-state index in [0.717, 1.165) is 11.1 Å². The minimum absolute atomic E-state index is 0.0300. The van der Waals surface area contributed by atoms with E-state index in [4.69, 9.17) is 4.52 Å². The van der Waals surface area contributed by atoms with Gasteiger partial charge in [-0.2, -0.15) is 10.1 Å². The van der Waals surface area contributed by atoms with Gasteiger partial charge >= 0.3 is 6.01 Å². The first kappa shape index (κ1) is 24.5. The Labute approximate surface area is 206 Å². The molecule has 36 heavy (non-hydrogen) atoms. The predicted molar refractivity (Wildman–Crippen MR) is 133 cm³/mol. The summed E-state index contributed by atoms with van der Waals surface area (Å²) in [5.41, 5.74) is 3.75. The highest BCUT2D eigenvalue weighted by Crippen LogP contribution is 2.29. The van der Waals surface area contributed by atoms with Crippen molar-refractivity contribution >= 4 is 23.1 Å². The van der Waals surface area contributed by atoms with E-state index < -0.39 is 11.7 Å². The lowest BCUT2D eigenvalue weighted by atomic mass is 10.0. The first-order chi connectivity index (χ1) is 17.4. The van der Waals surface area contributed by atoms with Crippen LogP contribution in [0.4, 0.5) is 10.4 Å². The molecule has 0 saturated carbocycles. The van der Waals surface area contributed by atoms with Crippen molar-refractivity contribution in [1.29, 1.82) is 0 Å². The van der Waals surface area contributed by atoms with Crippen molar-refractivity contribution in [2.45, 2.75) is 20.4 Å². The second kappa shape index (κ2) is 10.3. The van der Waals surface area contributed by atoms with Gasteiger partial charge in [0, 0.05) is 51.2 Å². The molecule has 11 nitrogen and oxygen atoms in total. The first-order valence-electron chi connectivity index (χ1n) is 11.3. The van der Waals surface area contributed by atoms with Gasteiger partial charge in [0.05, 0.1) is 17.3 Å². The molecule has 1 aromatic carbocycles. The summed E-state index contributed by atoms with van der Waals surface area (Å²) in [6, 6.07) is 6.82. The number of aromatic nitrogens is 7. The van der Waals surface area contributed by atoms with Gasteiger partial charge in [0.25, 0.3) is 11.7 Å². The minimum Gasteiger partial charge on any atom is -0.345 e. The number of hydrogen-bond donors (Lipinski definition) is 2. The van der Waals surface area contributed by atoms with Crippen LogP contribution in [-0.4, -0.2) is 54.9 Å². The summed E-state index contributed by atoms with van der Waals surface area (Å²) in [5.74, 6) is -0.515. The average Bonchev–Trinajstić information content (AvgIpc) is 3.63. The molecular formula is C24H26FN9O2.